The van der Waals surface area contributed by atoms with Crippen molar-refractivity contribution < 1.29 is 14.6 Å². The first kappa shape index (κ1) is 17.9. The van der Waals surface area contributed by atoms with Crippen LogP contribution in [0, 0.1) is 11.3 Å². The number of aliphatic hydroxyl groups excluding tert-OH is 1. The Kier molecular flexibility index (Phi) is 4.68. The molecule has 0 spiro atoms. The van der Waals surface area contributed by atoms with Crippen LogP contribution in [0.25, 0.3) is 0 Å². The minimum absolute atomic E-state index is 0.411. The van der Waals surface area contributed by atoms with Gasteiger partial charge in [0.2, 0.25) is 5.91 Å². The molecule has 1 amide bonds. The van der Waals surface area contributed by atoms with Gasteiger partial charge in [-0.1, -0.05) is 30.3 Å². The van der Waals surface area contributed by atoms with E-state index in [2.05, 4.69) is 11.4 Å². The van der Waals surface area contributed by atoms with Crippen LogP contribution in [0.1, 0.15) is 42.6 Å². The van der Waals surface area contributed by atoms with Gasteiger partial charge >= 0.3 is 0 Å². The van der Waals surface area contributed by atoms with Crippen LogP contribution in [0.5, 0.6) is 5.75 Å². The summed E-state index contributed by atoms with van der Waals surface area (Å²) in [6.07, 6.45) is -1.00. The number of nitrogens with two attached hydrogens (primary N) is 1. The Morgan fingerprint density at radius 3 is 2.65 bits per heavy atom. The van der Waals surface area contributed by atoms with E-state index in [1.165, 1.54) is 0 Å². The molecule has 1 heterocycles. The van der Waals surface area contributed by atoms with E-state index in [4.69, 9.17) is 15.7 Å². The van der Waals surface area contributed by atoms with Gasteiger partial charge in [0.25, 0.3) is 0 Å². The predicted molar refractivity (Wildman–Crippen MR) is 96.1 cm³/mol. The van der Waals surface area contributed by atoms with E-state index < -0.39 is 29.7 Å². The number of fused-ring (bicyclic) bond motifs is 1. The number of rotatable bonds is 3. The number of hydrogen-bond acceptors (Lipinski definition) is 5. The second-order valence-corrected chi connectivity index (χ2v) is 6.89. The molecule has 0 saturated carbocycles. The smallest absolute Gasteiger partial charge is 0.242 e. The third-order valence-electron chi connectivity index (χ3n) is 4.61. The first-order chi connectivity index (χ1) is 12.3. The van der Waals surface area contributed by atoms with Crippen molar-refractivity contribution in [3.63, 3.8) is 0 Å². The zero-order valence-electron chi connectivity index (χ0n) is 14.6. The van der Waals surface area contributed by atoms with Crippen LogP contribution < -0.4 is 15.8 Å². The fraction of sp³-hybridized carbons (Fsp3) is 0.300. The lowest BCUT2D eigenvalue weighted by Gasteiger charge is -2.42. The summed E-state index contributed by atoms with van der Waals surface area (Å²) in [6, 6.07) is 14.4. The van der Waals surface area contributed by atoms with Crippen molar-refractivity contribution in [2.24, 2.45) is 5.73 Å². The Hall–Kier alpha value is -2.88. The maximum absolute atomic E-state index is 12.7. The third-order valence-corrected chi connectivity index (χ3v) is 4.61. The van der Waals surface area contributed by atoms with E-state index in [1.807, 2.05) is 18.2 Å². The van der Waals surface area contributed by atoms with Gasteiger partial charge in [-0.05, 0) is 37.6 Å². The molecule has 0 radical (unpaired) electrons. The van der Waals surface area contributed by atoms with Crippen molar-refractivity contribution in [1.82, 2.24) is 5.32 Å². The number of nitriles is 1. The molecule has 1 unspecified atom stereocenters. The van der Waals surface area contributed by atoms with Gasteiger partial charge < -0.3 is 20.9 Å². The molecule has 6 heteroatoms. The van der Waals surface area contributed by atoms with Crippen LogP contribution in [0.2, 0.25) is 0 Å². The van der Waals surface area contributed by atoms with Crippen molar-refractivity contribution in [3.8, 4) is 11.8 Å². The van der Waals surface area contributed by atoms with Crippen LogP contribution in [-0.4, -0.2) is 22.7 Å². The molecule has 3 atom stereocenters. The van der Waals surface area contributed by atoms with Crippen molar-refractivity contribution in [3.05, 3.63) is 65.2 Å². The number of carbonyl (C=O) groups is 1. The van der Waals surface area contributed by atoms with Crippen molar-refractivity contribution in [2.45, 2.75) is 37.6 Å². The van der Waals surface area contributed by atoms with Crippen LogP contribution in [-0.2, 0) is 4.79 Å². The van der Waals surface area contributed by atoms with Gasteiger partial charge in [0.15, 0.2) is 0 Å². The number of nitrogens with zero attached hydrogens (tertiary/aromatic N) is 1. The quantitative estimate of drug-likeness (QED) is 0.783. The molecule has 2 aromatic carbocycles. The first-order valence-corrected chi connectivity index (χ1v) is 8.35. The third kappa shape index (κ3) is 3.27. The van der Waals surface area contributed by atoms with Gasteiger partial charge in [0, 0.05) is 5.56 Å². The second-order valence-electron chi connectivity index (χ2n) is 6.89. The Balaban J connectivity index is 1.93. The van der Waals surface area contributed by atoms with Gasteiger partial charge in [-0.15, -0.1) is 0 Å². The van der Waals surface area contributed by atoms with Crippen LogP contribution >= 0.6 is 0 Å². The summed E-state index contributed by atoms with van der Waals surface area (Å²) in [5, 5.41) is 22.7. The van der Waals surface area contributed by atoms with Crippen LogP contribution in [0.4, 0.5) is 0 Å². The summed E-state index contributed by atoms with van der Waals surface area (Å²) >= 11 is 0. The van der Waals surface area contributed by atoms with Crippen molar-refractivity contribution in [1.29, 1.82) is 5.26 Å². The molecular formula is C20H21N3O3. The number of benzene rings is 2. The van der Waals surface area contributed by atoms with E-state index in [9.17, 15) is 9.90 Å². The molecule has 2 aromatic rings. The fourth-order valence-electron chi connectivity index (χ4n) is 3.08. The zero-order chi connectivity index (χ0) is 18.9. The minimum Gasteiger partial charge on any atom is -0.485 e. The number of amides is 1. The summed E-state index contributed by atoms with van der Waals surface area (Å²) in [6.45, 7) is 3.49. The molecule has 1 aliphatic rings. The highest BCUT2D eigenvalue weighted by Gasteiger charge is 2.44. The number of aliphatic hydroxyl groups is 1. The highest BCUT2D eigenvalue weighted by molar-refractivity contribution is 5.83. The molecule has 0 aliphatic carbocycles. The largest absolute Gasteiger partial charge is 0.485 e. The number of hydrogen-bond donors (Lipinski definition) is 3. The molecule has 0 saturated heterocycles. The number of ether oxygens (including phenoxy) is 1. The second kappa shape index (κ2) is 6.79. The Morgan fingerprint density at radius 2 is 2.00 bits per heavy atom. The molecule has 0 fully saturated rings. The van der Waals surface area contributed by atoms with Crippen LogP contribution in [0.3, 0.4) is 0 Å². The number of carbonyl (C=O) groups excluding carboxylic acids is 1. The number of nitrogens with one attached hydrogen (secondary N) is 1. The highest BCUT2D eigenvalue weighted by atomic mass is 16.5. The SMILES string of the molecule is CC1(C)Oc2ccc(C#N)cc2[C@@H](NC(=O)C(N)c2ccccc2)[C@@H]1O. The summed E-state index contributed by atoms with van der Waals surface area (Å²) in [4.78, 5) is 12.7. The topological polar surface area (TPSA) is 108 Å². The van der Waals surface area contributed by atoms with Gasteiger partial charge in [-0.3, -0.25) is 4.79 Å². The monoisotopic (exact) mass is 351 g/mol. The Bertz CT molecular complexity index is 858. The van der Waals surface area contributed by atoms with E-state index in [-0.39, 0.29) is 0 Å². The lowest BCUT2D eigenvalue weighted by atomic mass is 9.85. The standard InChI is InChI=1S/C20H21N3O3/c1-20(2)18(24)17(14-10-12(11-21)8-9-15(14)26-20)23-19(25)16(22)13-6-4-3-5-7-13/h3-10,16-18,24H,22H2,1-2H3,(H,23,25)/t16?,17-,18+/m1/s1. The Morgan fingerprint density at radius 1 is 1.31 bits per heavy atom. The van der Waals surface area contributed by atoms with E-state index in [1.54, 1.807) is 44.2 Å². The van der Waals surface area contributed by atoms with E-state index >= 15 is 0 Å². The first-order valence-electron chi connectivity index (χ1n) is 8.35. The lowest BCUT2D eigenvalue weighted by Crippen LogP contribution is -2.54. The lowest BCUT2D eigenvalue weighted by molar-refractivity contribution is -0.127. The molecule has 4 N–H and O–H groups in total. The van der Waals surface area contributed by atoms with Gasteiger partial charge in [-0.25, -0.2) is 0 Å². The Labute approximate surface area is 152 Å². The molecule has 26 heavy (non-hydrogen) atoms. The molecule has 1 aliphatic heterocycles. The van der Waals surface area contributed by atoms with E-state index in [0.29, 0.717) is 22.4 Å². The molecular weight excluding hydrogens is 330 g/mol. The minimum atomic E-state index is -1.00. The average Bonchev–Trinajstić information content (AvgIpc) is 2.65. The summed E-state index contributed by atoms with van der Waals surface area (Å²) in [5.41, 5.74) is 6.82. The molecule has 0 aromatic heterocycles. The fourth-order valence-corrected chi connectivity index (χ4v) is 3.08. The molecule has 134 valence electrons. The normalized spacial score (nSPS) is 21.7. The van der Waals surface area contributed by atoms with E-state index in [0.717, 1.165) is 0 Å². The highest BCUT2D eigenvalue weighted by Crippen LogP contribution is 2.40. The van der Waals surface area contributed by atoms with Crippen molar-refractivity contribution >= 4 is 5.91 Å². The van der Waals surface area contributed by atoms with Gasteiger partial charge in [0.05, 0.1) is 17.7 Å². The van der Waals surface area contributed by atoms with Crippen LogP contribution in [0.15, 0.2) is 48.5 Å². The molecule has 6 nitrogen and oxygen atoms in total. The molecule has 0 bridgehead atoms. The summed E-state index contributed by atoms with van der Waals surface area (Å²) in [5.74, 6) is 0.115. The van der Waals surface area contributed by atoms with Gasteiger partial charge in [0.1, 0.15) is 23.5 Å². The molecule has 3 rings (SSSR count). The average molecular weight is 351 g/mol. The summed E-state index contributed by atoms with van der Waals surface area (Å²) < 4.78 is 5.85. The zero-order valence-corrected chi connectivity index (χ0v) is 14.6. The summed E-state index contributed by atoms with van der Waals surface area (Å²) in [7, 11) is 0. The maximum atomic E-state index is 12.7. The van der Waals surface area contributed by atoms with Crippen molar-refractivity contribution in [2.75, 3.05) is 0 Å². The predicted octanol–water partition coefficient (Wildman–Crippen LogP) is 1.95. The van der Waals surface area contributed by atoms with Gasteiger partial charge in [-0.2, -0.15) is 5.26 Å². The maximum Gasteiger partial charge on any atom is 0.242 e.